The van der Waals surface area contributed by atoms with Crippen LogP contribution in [0.1, 0.15) is 0 Å². The maximum Gasteiger partial charge on any atom is 0.328 e. The Morgan fingerprint density at radius 3 is 2.74 bits per heavy atom. The van der Waals surface area contributed by atoms with Gasteiger partial charge in [-0.1, -0.05) is 29.8 Å². The monoisotopic (exact) mass is 497 g/mol. The van der Waals surface area contributed by atoms with Crippen LogP contribution >= 0.6 is 23.1 Å². The molecule has 1 aliphatic rings. The highest BCUT2D eigenvalue weighted by atomic mass is 35.5. The van der Waals surface area contributed by atoms with Crippen LogP contribution in [0.3, 0.4) is 0 Å². The minimum absolute atomic E-state index is 0.511. The average molecular weight is 498 g/mol. The summed E-state index contributed by atoms with van der Waals surface area (Å²) in [5, 5.41) is 25.9. The van der Waals surface area contributed by atoms with Crippen LogP contribution in [0.5, 0.6) is 11.5 Å². The summed E-state index contributed by atoms with van der Waals surface area (Å²) in [6.07, 6.45) is 0. The van der Waals surface area contributed by atoms with Crippen molar-refractivity contribution in [1.82, 2.24) is 4.37 Å². The highest BCUT2D eigenvalue weighted by Gasteiger charge is 2.18. The smallest absolute Gasteiger partial charge is 0.328 e. The standard InChI is InChI=1S/C24H20ClN3O5S/c25-22-15(13-4-7-19-20(10-13)33-9-8-32-19)2-1-3-17(22)27-23-16-6-5-14(11-21(16)34-28-23)26-18(12-29)24(30)31/h1-7,10-11,18,26,29H,8-9,12H2,(H,27,28)(H,30,31)/t18-/m0/s1. The first kappa shape index (κ1) is 22.3. The first-order chi connectivity index (χ1) is 16.5. The van der Waals surface area contributed by atoms with E-state index >= 15 is 0 Å². The van der Waals surface area contributed by atoms with Gasteiger partial charge in [0.15, 0.2) is 17.3 Å². The van der Waals surface area contributed by atoms with E-state index in [9.17, 15) is 9.90 Å². The maximum atomic E-state index is 11.2. The average Bonchev–Trinajstić information content (AvgIpc) is 3.25. The van der Waals surface area contributed by atoms with Crippen molar-refractivity contribution in [2.45, 2.75) is 6.04 Å². The summed E-state index contributed by atoms with van der Waals surface area (Å²) in [6, 6.07) is 15.8. The molecule has 0 aliphatic carbocycles. The molecule has 0 saturated heterocycles. The van der Waals surface area contributed by atoms with Crippen LogP contribution in [-0.2, 0) is 4.79 Å². The Bertz CT molecular complexity index is 1380. The molecule has 2 heterocycles. The molecule has 34 heavy (non-hydrogen) atoms. The Balaban J connectivity index is 1.41. The fourth-order valence-electron chi connectivity index (χ4n) is 3.69. The molecule has 4 N–H and O–H groups in total. The van der Waals surface area contributed by atoms with Crippen LogP contribution in [0.25, 0.3) is 21.2 Å². The van der Waals surface area contributed by atoms with Gasteiger partial charge in [-0.15, -0.1) is 0 Å². The zero-order chi connectivity index (χ0) is 23.7. The van der Waals surface area contributed by atoms with Gasteiger partial charge in [-0.3, -0.25) is 0 Å². The van der Waals surface area contributed by atoms with Gasteiger partial charge in [0.1, 0.15) is 19.3 Å². The summed E-state index contributed by atoms with van der Waals surface area (Å²) in [7, 11) is 0. The number of carbonyl (C=O) groups is 1. The molecule has 0 saturated carbocycles. The topological polar surface area (TPSA) is 113 Å². The molecule has 3 aromatic carbocycles. The molecule has 0 radical (unpaired) electrons. The fourth-order valence-corrected chi connectivity index (χ4v) is 4.75. The summed E-state index contributed by atoms with van der Waals surface area (Å²) < 4.78 is 16.7. The Hall–Kier alpha value is -3.53. The van der Waals surface area contributed by atoms with Crippen molar-refractivity contribution >= 4 is 56.4 Å². The molecule has 4 aromatic rings. The summed E-state index contributed by atoms with van der Waals surface area (Å²) in [5.74, 6) is 0.933. The van der Waals surface area contributed by atoms with E-state index in [0.29, 0.717) is 41.2 Å². The van der Waals surface area contributed by atoms with Crippen molar-refractivity contribution < 1.29 is 24.5 Å². The van der Waals surface area contributed by atoms with Crippen molar-refractivity contribution in [1.29, 1.82) is 0 Å². The normalized spacial score (nSPS) is 13.5. The number of fused-ring (bicyclic) bond motifs is 2. The van der Waals surface area contributed by atoms with E-state index in [4.69, 9.17) is 26.2 Å². The number of aliphatic carboxylic acids is 1. The molecule has 174 valence electrons. The van der Waals surface area contributed by atoms with E-state index in [0.717, 1.165) is 27.0 Å². The number of ether oxygens (including phenoxy) is 2. The minimum Gasteiger partial charge on any atom is -0.486 e. The predicted molar refractivity (Wildman–Crippen MR) is 133 cm³/mol. The third-order valence-electron chi connectivity index (χ3n) is 5.40. The molecule has 0 unspecified atom stereocenters. The molecule has 8 nitrogen and oxygen atoms in total. The van der Waals surface area contributed by atoms with Crippen molar-refractivity contribution in [2.75, 3.05) is 30.5 Å². The number of aliphatic hydroxyl groups excluding tert-OH is 1. The second kappa shape index (κ2) is 9.38. The number of aromatic nitrogens is 1. The Morgan fingerprint density at radius 2 is 1.94 bits per heavy atom. The van der Waals surface area contributed by atoms with Crippen LogP contribution in [0.4, 0.5) is 17.2 Å². The molecule has 0 amide bonds. The second-order valence-electron chi connectivity index (χ2n) is 7.61. The fraction of sp³-hybridized carbons (Fsp3) is 0.167. The van der Waals surface area contributed by atoms with Gasteiger partial charge in [0.2, 0.25) is 0 Å². The minimum atomic E-state index is -1.12. The second-order valence-corrected chi connectivity index (χ2v) is 8.79. The number of benzene rings is 3. The summed E-state index contributed by atoms with van der Waals surface area (Å²) in [4.78, 5) is 11.2. The third-order valence-corrected chi connectivity index (χ3v) is 6.61. The van der Waals surface area contributed by atoms with E-state index in [1.54, 1.807) is 12.1 Å². The van der Waals surface area contributed by atoms with E-state index in [2.05, 4.69) is 15.0 Å². The molecule has 1 aliphatic heterocycles. The van der Waals surface area contributed by atoms with Crippen LogP contribution in [0.2, 0.25) is 5.02 Å². The molecule has 1 atom stereocenters. The van der Waals surface area contributed by atoms with Gasteiger partial charge in [0.05, 0.1) is 22.0 Å². The van der Waals surface area contributed by atoms with Gasteiger partial charge in [0.25, 0.3) is 0 Å². The van der Waals surface area contributed by atoms with Crippen molar-refractivity contribution in [3.05, 3.63) is 59.6 Å². The molecule has 0 fully saturated rings. The number of nitrogens with zero attached hydrogens (tertiary/aromatic N) is 1. The Labute approximate surface area is 203 Å². The highest BCUT2D eigenvalue weighted by molar-refractivity contribution is 7.13. The number of nitrogens with one attached hydrogen (secondary N) is 2. The Morgan fingerprint density at radius 1 is 1.12 bits per heavy atom. The number of carboxylic acid groups (broad SMARTS) is 1. The highest BCUT2D eigenvalue weighted by Crippen LogP contribution is 2.40. The quantitative estimate of drug-likeness (QED) is 0.282. The van der Waals surface area contributed by atoms with E-state index in [1.165, 1.54) is 11.5 Å². The van der Waals surface area contributed by atoms with Gasteiger partial charge >= 0.3 is 5.97 Å². The van der Waals surface area contributed by atoms with Crippen molar-refractivity contribution in [3.63, 3.8) is 0 Å². The number of carboxylic acids is 1. The van der Waals surface area contributed by atoms with Gasteiger partial charge in [-0.05, 0) is 53.5 Å². The molecule has 0 bridgehead atoms. The van der Waals surface area contributed by atoms with Crippen LogP contribution in [0.15, 0.2) is 54.6 Å². The lowest BCUT2D eigenvalue weighted by molar-refractivity contribution is -0.138. The summed E-state index contributed by atoms with van der Waals surface area (Å²) in [6.45, 7) is 0.533. The van der Waals surface area contributed by atoms with Gasteiger partial charge < -0.3 is 30.3 Å². The van der Waals surface area contributed by atoms with Crippen LogP contribution < -0.4 is 20.1 Å². The number of hydrogen-bond acceptors (Lipinski definition) is 8. The van der Waals surface area contributed by atoms with Crippen molar-refractivity contribution in [3.8, 4) is 22.6 Å². The lowest BCUT2D eigenvalue weighted by Gasteiger charge is -2.19. The zero-order valence-electron chi connectivity index (χ0n) is 17.7. The van der Waals surface area contributed by atoms with Crippen LogP contribution in [-0.4, -0.2) is 46.4 Å². The van der Waals surface area contributed by atoms with Gasteiger partial charge in [-0.2, -0.15) is 4.37 Å². The Kier molecular flexibility index (Phi) is 6.14. The number of rotatable bonds is 7. The molecular formula is C24H20ClN3O5S. The largest absolute Gasteiger partial charge is 0.486 e. The molecule has 5 rings (SSSR count). The lowest BCUT2D eigenvalue weighted by Crippen LogP contribution is -2.32. The molecule has 1 aromatic heterocycles. The van der Waals surface area contributed by atoms with E-state index in [1.807, 2.05) is 42.5 Å². The maximum absolute atomic E-state index is 11.2. The van der Waals surface area contributed by atoms with Gasteiger partial charge in [-0.25, -0.2) is 4.79 Å². The van der Waals surface area contributed by atoms with Gasteiger partial charge in [0, 0.05) is 16.6 Å². The first-order valence-electron chi connectivity index (χ1n) is 10.5. The van der Waals surface area contributed by atoms with Crippen molar-refractivity contribution in [2.24, 2.45) is 0 Å². The van der Waals surface area contributed by atoms with E-state index in [-0.39, 0.29) is 0 Å². The number of hydrogen-bond donors (Lipinski definition) is 4. The molecule has 10 heteroatoms. The van der Waals surface area contributed by atoms with E-state index < -0.39 is 18.6 Å². The predicted octanol–water partition coefficient (Wildman–Crippen LogP) is 4.99. The third kappa shape index (κ3) is 4.33. The molecular weight excluding hydrogens is 478 g/mol. The first-order valence-corrected chi connectivity index (χ1v) is 11.6. The van der Waals surface area contributed by atoms with Crippen LogP contribution in [0, 0.1) is 0 Å². The zero-order valence-corrected chi connectivity index (χ0v) is 19.3. The SMILES string of the molecule is O=C(O)[C@H](CO)Nc1ccc2c(Nc3cccc(-c4ccc5c(c4)OCCO5)c3Cl)nsc2c1. The number of halogens is 1. The summed E-state index contributed by atoms with van der Waals surface area (Å²) >= 11 is 8.05. The summed E-state index contributed by atoms with van der Waals surface area (Å²) in [5.41, 5.74) is 3.05. The number of aliphatic hydroxyl groups is 1. The number of anilines is 3. The molecule has 0 spiro atoms. The lowest BCUT2D eigenvalue weighted by atomic mass is 10.0.